The van der Waals surface area contributed by atoms with Crippen molar-refractivity contribution in [3.8, 4) is 11.4 Å². The van der Waals surface area contributed by atoms with E-state index in [0.717, 1.165) is 11.8 Å². The number of rotatable bonds is 5. The predicted octanol–water partition coefficient (Wildman–Crippen LogP) is 3.75. The number of pyridine rings is 1. The predicted molar refractivity (Wildman–Crippen MR) is 86.5 cm³/mol. The third kappa shape index (κ3) is 4.34. The topological polar surface area (TPSA) is 41.9 Å². The highest BCUT2D eigenvalue weighted by molar-refractivity contribution is 7.98. The van der Waals surface area contributed by atoms with E-state index in [2.05, 4.69) is 15.0 Å². The molecule has 0 saturated heterocycles. The molecule has 0 aliphatic rings. The molecular formula is C15H17F3N4S. The van der Waals surface area contributed by atoms with Crippen molar-refractivity contribution < 1.29 is 13.2 Å². The van der Waals surface area contributed by atoms with E-state index in [-0.39, 0.29) is 17.7 Å². The molecule has 0 aliphatic heterocycles. The van der Waals surface area contributed by atoms with Crippen LogP contribution >= 0.6 is 11.8 Å². The summed E-state index contributed by atoms with van der Waals surface area (Å²) in [7, 11) is 1.73. The fourth-order valence-electron chi connectivity index (χ4n) is 1.96. The van der Waals surface area contributed by atoms with Crippen LogP contribution in [0.3, 0.4) is 0 Å². The van der Waals surface area contributed by atoms with E-state index >= 15 is 0 Å². The van der Waals surface area contributed by atoms with E-state index in [1.165, 1.54) is 6.20 Å². The van der Waals surface area contributed by atoms with Gasteiger partial charge in [-0.15, -0.1) is 0 Å². The van der Waals surface area contributed by atoms with Crippen LogP contribution < -0.4 is 4.90 Å². The largest absolute Gasteiger partial charge is 0.433 e. The Morgan fingerprint density at radius 3 is 2.61 bits per heavy atom. The molecule has 4 nitrogen and oxygen atoms in total. The first kappa shape index (κ1) is 17.5. The number of nitrogens with zero attached hydrogens (tertiary/aromatic N) is 4. The molecule has 0 bridgehead atoms. The van der Waals surface area contributed by atoms with Crippen LogP contribution in [0, 0.1) is 0 Å². The van der Waals surface area contributed by atoms with Crippen LogP contribution in [0.15, 0.2) is 30.6 Å². The zero-order valence-electron chi connectivity index (χ0n) is 13.0. The number of alkyl halides is 3. The molecule has 0 fully saturated rings. The van der Waals surface area contributed by atoms with Gasteiger partial charge in [-0.25, -0.2) is 9.97 Å². The van der Waals surface area contributed by atoms with Gasteiger partial charge in [-0.1, -0.05) is 0 Å². The molecule has 0 N–H and O–H groups in total. The van der Waals surface area contributed by atoms with Gasteiger partial charge in [0.2, 0.25) is 0 Å². The molecule has 0 aliphatic carbocycles. The molecule has 2 heterocycles. The summed E-state index contributed by atoms with van der Waals surface area (Å²) in [5.74, 6) is 1.04. The fourth-order valence-corrected chi connectivity index (χ4v) is 2.67. The van der Waals surface area contributed by atoms with Crippen molar-refractivity contribution >= 4 is 17.6 Å². The van der Waals surface area contributed by atoms with Gasteiger partial charge in [0.25, 0.3) is 0 Å². The summed E-state index contributed by atoms with van der Waals surface area (Å²) in [6.45, 7) is 1.94. The van der Waals surface area contributed by atoms with Crippen molar-refractivity contribution in [2.45, 2.75) is 19.1 Å². The van der Waals surface area contributed by atoms with Gasteiger partial charge in [0.1, 0.15) is 5.82 Å². The van der Waals surface area contributed by atoms with Crippen molar-refractivity contribution in [2.24, 2.45) is 0 Å². The highest BCUT2D eigenvalue weighted by atomic mass is 32.2. The molecule has 23 heavy (non-hydrogen) atoms. The normalized spacial score (nSPS) is 13.0. The Labute approximate surface area is 137 Å². The lowest BCUT2D eigenvalue weighted by molar-refractivity contribution is -0.141. The molecule has 0 aromatic carbocycles. The number of anilines is 1. The van der Waals surface area contributed by atoms with Crippen molar-refractivity contribution in [3.63, 3.8) is 0 Å². The van der Waals surface area contributed by atoms with Gasteiger partial charge in [0.15, 0.2) is 11.5 Å². The van der Waals surface area contributed by atoms with Gasteiger partial charge in [-0.05, 0) is 25.3 Å². The monoisotopic (exact) mass is 342 g/mol. The summed E-state index contributed by atoms with van der Waals surface area (Å²) in [5.41, 5.74) is -0.504. The standard InChI is InChI=1S/C15H17F3N4S/c1-10(9-23-3)22(2)13-7-12(15(16,17)18)20-14(21-13)11-5-4-6-19-8-11/h4-8,10H,9H2,1-3H3. The highest BCUT2D eigenvalue weighted by Crippen LogP contribution is 2.31. The second-order valence-electron chi connectivity index (χ2n) is 5.09. The number of aromatic nitrogens is 3. The lowest BCUT2D eigenvalue weighted by atomic mass is 10.2. The minimum absolute atomic E-state index is 0.0196. The number of hydrogen-bond acceptors (Lipinski definition) is 5. The maximum Gasteiger partial charge on any atom is 0.433 e. The second kappa shape index (κ2) is 7.16. The van der Waals surface area contributed by atoms with Crippen molar-refractivity contribution in [1.29, 1.82) is 0 Å². The van der Waals surface area contributed by atoms with Gasteiger partial charge >= 0.3 is 6.18 Å². The van der Waals surface area contributed by atoms with Crippen LogP contribution in [-0.2, 0) is 6.18 Å². The highest BCUT2D eigenvalue weighted by Gasteiger charge is 2.34. The lowest BCUT2D eigenvalue weighted by Gasteiger charge is -2.26. The minimum Gasteiger partial charge on any atom is -0.356 e. The first-order valence-electron chi connectivity index (χ1n) is 6.91. The zero-order chi connectivity index (χ0) is 17.0. The molecule has 0 saturated carbocycles. The molecule has 2 aromatic heterocycles. The Bertz CT molecular complexity index is 649. The SMILES string of the molecule is CSCC(C)N(C)c1cc(C(F)(F)F)nc(-c2cccnc2)n1. The molecule has 0 radical (unpaired) electrons. The van der Waals surface area contributed by atoms with Crippen molar-refractivity contribution in [2.75, 3.05) is 24.0 Å². The average molecular weight is 342 g/mol. The van der Waals surface area contributed by atoms with Gasteiger partial charge in [-0.2, -0.15) is 24.9 Å². The smallest absolute Gasteiger partial charge is 0.356 e. The second-order valence-corrected chi connectivity index (χ2v) is 6.00. The van der Waals surface area contributed by atoms with Crippen molar-refractivity contribution in [1.82, 2.24) is 15.0 Å². The molecule has 2 aromatic rings. The van der Waals surface area contributed by atoms with Crippen LogP contribution in [0.1, 0.15) is 12.6 Å². The van der Waals surface area contributed by atoms with Gasteiger partial charge in [0, 0.05) is 42.9 Å². The van der Waals surface area contributed by atoms with E-state index in [4.69, 9.17) is 0 Å². The molecule has 2 rings (SSSR count). The maximum absolute atomic E-state index is 13.1. The summed E-state index contributed by atoms with van der Waals surface area (Å²) >= 11 is 1.63. The Kier molecular flexibility index (Phi) is 5.46. The third-order valence-corrected chi connectivity index (χ3v) is 4.17. The summed E-state index contributed by atoms with van der Waals surface area (Å²) in [6, 6.07) is 4.30. The van der Waals surface area contributed by atoms with Gasteiger partial charge < -0.3 is 4.90 Å². The fraction of sp³-hybridized carbons (Fsp3) is 0.400. The van der Waals surface area contributed by atoms with E-state index in [1.54, 1.807) is 42.0 Å². The summed E-state index contributed by atoms with van der Waals surface area (Å²) in [4.78, 5) is 13.6. The quantitative estimate of drug-likeness (QED) is 0.828. The number of halogens is 3. The Morgan fingerprint density at radius 1 is 1.30 bits per heavy atom. The Hall–Kier alpha value is -1.83. The van der Waals surface area contributed by atoms with Crippen LogP contribution in [-0.4, -0.2) is 40.1 Å². The van der Waals surface area contributed by atoms with Crippen LogP contribution in [0.25, 0.3) is 11.4 Å². The lowest BCUT2D eigenvalue weighted by Crippen LogP contribution is -2.32. The Balaban J connectivity index is 2.50. The van der Waals surface area contributed by atoms with E-state index in [1.807, 2.05) is 13.2 Å². The molecule has 0 amide bonds. The summed E-state index contributed by atoms with van der Waals surface area (Å²) < 4.78 is 39.4. The third-order valence-electron chi connectivity index (χ3n) is 3.35. The molecule has 1 atom stereocenters. The van der Waals surface area contributed by atoms with E-state index < -0.39 is 11.9 Å². The molecular weight excluding hydrogens is 325 g/mol. The molecule has 0 spiro atoms. The number of hydrogen-bond donors (Lipinski definition) is 0. The van der Waals surface area contributed by atoms with Crippen LogP contribution in [0.4, 0.5) is 19.0 Å². The first-order chi connectivity index (χ1) is 10.8. The average Bonchev–Trinajstić information content (AvgIpc) is 2.54. The molecule has 1 unspecified atom stereocenters. The summed E-state index contributed by atoms with van der Waals surface area (Å²) in [6.07, 6.45) is 0.417. The van der Waals surface area contributed by atoms with Crippen molar-refractivity contribution in [3.05, 3.63) is 36.3 Å². The van der Waals surface area contributed by atoms with Crippen LogP contribution in [0.2, 0.25) is 0 Å². The zero-order valence-corrected chi connectivity index (χ0v) is 13.8. The van der Waals surface area contributed by atoms with Crippen LogP contribution in [0.5, 0.6) is 0 Å². The first-order valence-corrected chi connectivity index (χ1v) is 8.30. The Morgan fingerprint density at radius 2 is 2.04 bits per heavy atom. The minimum atomic E-state index is -4.53. The van der Waals surface area contributed by atoms with Gasteiger partial charge in [0.05, 0.1) is 0 Å². The van der Waals surface area contributed by atoms with E-state index in [0.29, 0.717) is 5.56 Å². The molecule has 124 valence electrons. The maximum atomic E-state index is 13.1. The molecule has 8 heteroatoms. The van der Waals surface area contributed by atoms with E-state index in [9.17, 15) is 13.2 Å². The summed E-state index contributed by atoms with van der Waals surface area (Å²) in [5, 5.41) is 0. The number of thioether (sulfide) groups is 1. The van der Waals surface area contributed by atoms with Gasteiger partial charge in [-0.3, -0.25) is 4.98 Å².